The van der Waals surface area contributed by atoms with Gasteiger partial charge in [-0.25, -0.2) is 0 Å². The van der Waals surface area contributed by atoms with Crippen molar-refractivity contribution in [3.63, 3.8) is 0 Å². The molecule has 1 heterocycles. The summed E-state index contributed by atoms with van der Waals surface area (Å²) in [6.07, 6.45) is 2.34. The Morgan fingerprint density at radius 2 is 2.19 bits per heavy atom. The summed E-state index contributed by atoms with van der Waals surface area (Å²) in [4.78, 5) is 0. The quantitative estimate of drug-likeness (QED) is 0.907. The molecule has 3 rings (SSSR count). The number of ether oxygens (including phenoxy) is 2. The highest BCUT2D eigenvalue weighted by Crippen LogP contribution is 2.55. The summed E-state index contributed by atoms with van der Waals surface area (Å²) in [7, 11) is 0. The Kier molecular flexibility index (Phi) is 2.20. The topological polar surface area (TPSA) is 44.5 Å². The smallest absolute Gasteiger partial charge is 0.231 e. The van der Waals surface area contributed by atoms with Crippen LogP contribution in [0.15, 0.2) is 10.5 Å². The Morgan fingerprint density at radius 1 is 1.44 bits per heavy atom. The van der Waals surface area contributed by atoms with Gasteiger partial charge in [-0.2, -0.15) is 0 Å². The van der Waals surface area contributed by atoms with Crippen LogP contribution in [-0.2, 0) is 5.41 Å². The summed E-state index contributed by atoms with van der Waals surface area (Å²) >= 11 is 3.64. The lowest BCUT2D eigenvalue weighted by atomic mass is 9.91. The molecule has 0 atom stereocenters. The van der Waals surface area contributed by atoms with Crippen LogP contribution in [0, 0.1) is 6.92 Å². The van der Waals surface area contributed by atoms with E-state index >= 15 is 0 Å². The Labute approximate surface area is 103 Å². The third-order valence-corrected chi connectivity index (χ3v) is 4.33. The minimum Gasteiger partial charge on any atom is -0.454 e. The number of hydrogen-bond acceptors (Lipinski definition) is 3. The molecule has 1 aliphatic carbocycles. The molecule has 4 heteroatoms. The van der Waals surface area contributed by atoms with E-state index in [4.69, 9.17) is 15.2 Å². The molecule has 2 N–H and O–H groups in total. The van der Waals surface area contributed by atoms with Crippen molar-refractivity contribution < 1.29 is 9.47 Å². The Hall–Kier alpha value is -0.740. The molecule has 1 fully saturated rings. The van der Waals surface area contributed by atoms with Crippen LogP contribution in [0.4, 0.5) is 0 Å². The van der Waals surface area contributed by atoms with Gasteiger partial charge in [-0.05, 0) is 52.9 Å². The monoisotopic (exact) mass is 283 g/mol. The van der Waals surface area contributed by atoms with Crippen LogP contribution in [0.3, 0.4) is 0 Å². The first-order chi connectivity index (χ1) is 7.68. The minimum absolute atomic E-state index is 0.171. The normalized spacial score (nSPS) is 19.9. The number of rotatable bonds is 2. The van der Waals surface area contributed by atoms with Crippen molar-refractivity contribution >= 4 is 15.9 Å². The average Bonchev–Trinajstić information content (AvgIpc) is 2.89. The second-order valence-corrected chi connectivity index (χ2v) is 5.39. The lowest BCUT2D eigenvalue weighted by molar-refractivity contribution is 0.173. The number of benzene rings is 1. The molecule has 2 aliphatic rings. The number of fused-ring (bicyclic) bond motifs is 1. The summed E-state index contributed by atoms with van der Waals surface area (Å²) in [6, 6.07) is 2.05. The van der Waals surface area contributed by atoms with Gasteiger partial charge in [0, 0.05) is 12.0 Å². The number of aryl methyl sites for hydroxylation is 1. The summed E-state index contributed by atoms with van der Waals surface area (Å²) < 4.78 is 11.9. The van der Waals surface area contributed by atoms with Crippen LogP contribution in [0.1, 0.15) is 24.0 Å². The largest absolute Gasteiger partial charge is 0.454 e. The van der Waals surface area contributed by atoms with Crippen molar-refractivity contribution in [3.05, 3.63) is 21.7 Å². The first-order valence-electron chi connectivity index (χ1n) is 5.47. The Bertz CT molecular complexity index is 455. The summed E-state index contributed by atoms with van der Waals surface area (Å²) in [6.45, 7) is 3.12. The number of halogens is 1. The highest BCUT2D eigenvalue weighted by Gasteiger charge is 2.46. The van der Waals surface area contributed by atoms with Gasteiger partial charge in [-0.1, -0.05) is 0 Å². The summed E-state index contributed by atoms with van der Waals surface area (Å²) in [5.74, 6) is 1.67. The second kappa shape index (κ2) is 3.37. The molecule has 0 saturated heterocycles. The highest BCUT2D eigenvalue weighted by molar-refractivity contribution is 9.10. The zero-order valence-electron chi connectivity index (χ0n) is 9.18. The zero-order valence-corrected chi connectivity index (χ0v) is 10.8. The van der Waals surface area contributed by atoms with E-state index in [0.717, 1.165) is 16.0 Å². The van der Waals surface area contributed by atoms with Crippen LogP contribution < -0.4 is 15.2 Å². The van der Waals surface area contributed by atoms with Gasteiger partial charge < -0.3 is 15.2 Å². The first-order valence-corrected chi connectivity index (χ1v) is 6.26. The van der Waals surface area contributed by atoms with Gasteiger partial charge in [0.2, 0.25) is 6.79 Å². The van der Waals surface area contributed by atoms with Gasteiger partial charge in [0.25, 0.3) is 0 Å². The van der Waals surface area contributed by atoms with Crippen LogP contribution in [0.5, 0.6) is 11.5 Å². The molecule has 3 nitrogen and oxygen atoms in total. The molecule has 1 aromatic rings. The summed E-state index contributed by atoms with van der Waals surface area (Å²) in [5.41, 5.74) is 8.60. The van der Waals surface area contributed by atoms with Crippen molar-refractivity contribution in [3.8, 4) is 11.5 Å². The molecule has 1 aromatic carbocycles. The fourth-order valence-electron chi connectivity index (χ4n) is 2.48. The Morgan fingerprint density at radius 3 is 2.81 bits per heavy atom. The van der Waals surface area contributed by atoms with Crippen LogP contribution in [-0.4, -0.2) is 13.3 Å². The van der Waals surface area contributed by atoms with E-state index in [0.29, 0.717) is 13.3 Å². The standard InChI is InChI=1S/C12H14BrNO2/c1-7-4-8-11(16-6-15-8)10(13)9(7)12(5-14)2-3-12/h4H,2-3,5-6,14H2,1H3. The fourth-order valence-corrected chi connectivity index (χ4v) is 3.52. The van der Waals surface area contributed by atoms with Crippen LogP contribution in [0.2, 0.25) is 0 Å². The molecule has 0 spiro atoms. The van der Waals surface area contributed by atoms with E-state index in [1.165, 1.54) is 24.0 Å². The van der Waals surface area contributed by atoms with Crippen molar-refractivity contribution in [2.75, 3.05) is 13.3 Å². The highest BCUT2D eigenvalue weighted by atomic mass is 79.9. The molecule has 1 aliphatic heterocycles. The molecule has 16 heavy (non-hydrogen) atoms. The maximum absolute atomic E-state index is 5.89. The predicted octanol–water partition coefficient (Wildman–Crippen LogP) is 2.48. The lowest BCUT2D eigenvalue weighted by Gasteiger charge is -2.19. The SMILES string of the molecule is Cc1cc2c(c(Br)c1C1(CN)CC1)OCO2. The molecular weight excluding hydrogens is 270 g/mol. The van der Waals surface area contributed by atoms with E-state index < -0.39 is 0 Å². The van der Waals surface area contributed by atoms with Crippen molar-refractivity contribution in [1.29, 1.82) is 0 Å². The van der Waals surface area contributed by atoms with E-state index in [-0.39, 0.29) is 5.41 Å². The van der Waals surface area contributed by atoms with Crippen LogP contribution >= 0.6 is 15.9 Å². The van der Waals surface area contributed by atoms with Crippen molar-refractivity contribution in [2.24, 2.45) is 5.73 Å². The molecule has 0 unspecified atom stereocenters. The predicted molar refractivity (Wildman–Crippen MR) is 65.0 cm³/mol. The average molecular weight is 284 g/mol. The van der Waals surface area contributed by atoms with E-state index in [9.17, 15) is 0 Å². The van der Waals surface area contributed by atoms with Gasteiger partial charge >= 0.3 is 0 Å². The van der Waals surface area contributed by atoms with Crippen molar-refractivity contribution in [2.45, 2.75) is 25.2 Å². The van der Waals surface area contributed by atoms with Gasteiger partial charge in [0.05, 0.1) is 4.47 Å². The molecule has 0 radical (unpaired) electrons. The molecule has 0 bridgehead atoms. The number of hydrogen-bond donors (Lipinski definition) is 1. The molecule has 0 aromatic heterocycles. The Balaban J connectivity index is 2.19. The molecule has 86 valence electrons. The van der Waals surface area contributed by atoms with Gasteiger partial charge in [-0.15, -0.1) is 0 Å². The van der Waals surface area contributed by atoms with Crippen LogP contribution in [0.25, 0.3) is 0 Å². The third kappa shape index (κ3) is 1.29. The lowest BCUT2D eigenvalue weighted by Crippen LogP contribution is -2.21. The molecular formula is C12H14BrNO2. The summed E-state index contributed by atoms with van der Waals surface area (Å²) in [5, 5.41) is 0. The maximum atomic E-state index is 5.89. The number of nitrogens with two attached hydrogens (primary N) is 1. The first kappa shape index (κ1) is 10.4. The molecule has 0 amide bonds. The van der Waals surface area contributed by atoms with E-state index in [2.05, 4.69) is 28.9 Å². The maximum Gasteiger partial charge on any atom is 0.231 e. The zero-order chi connectivity index (χ0) is 11.3. The molecule has 1 saturated carbocycles. The fraction of sp³-hybridized carbons (Fsp3) is 0.500. The second-order valence-electron chi connectivity index (χ2n) is 4.60. The van der Waals surface area contributed by atoms with Gasteiger partial charge in [0.1, 0.15) is 0 Å². The third-order valence-electron chi connectivity index (χ3n) is 3.58. The van der Waals surface area contributed by atoms with E-state index in [1.54, 1.807) is 0 Å². The van der Waals surface area contributed by atoms with E-state index in [1.807, 2.05) is 0 Å². The van der Waals surface area contributed by atoms with Crippen molar-refractivity contribution in [1.82, 2.24) is 0 Å². The van der Waals surface area contributed by atoms with Gasteiger partial charge in [-0.3, -0.25) is 0 Å². The minimum atomic E-state index is 0.171. The van der Waals surface area contributed by atoms with Gasteiger partial charge in [0.15, 0.2) is 11.5 Å².